The molecular formula is C20H31IN4O. The van der Waals surface area contributed by atoms with Crippen LogP contribution in [0.2, 0.25) is 0 Å². The van der Waals surface area contributed by atoms with Crippen molar-refractivity contribution in [1.29, 1.82) is 0 Å². The molecule has 1 aromatic heterocycles. The lowest BCUT2D eigenvalue weighted by molar-refractivity contribution is 0.0652. The highest BCUT2D eigenvalue weighted by Gasteiger charge is 2.04. The highest BCUT2D eigenvalue weighted by atomic mass is 127. The molecule has 0 aliphatic heterocycles. The third-order valence-electron chi connectivity index (χ3n) is 3.88. The van der Waals surface area contributed by atoms with E-state index in [1.807, 2.05) is 30.3 Å². The molecule has 2 N–H and O–H groups in total. The van der Waals surface area contributed by atoms with Gasteiger partial charge in [-0.25, -0.2) is 0 Å². The molecule has 0 amide bonds. The molecule has 0 bridgehead atoms. The van der Waals surface area contributed by atoms with E-state index in [0.717, 1.165) is 38.6 Å². The van der Waals surface area contributed by atoms with Crippen molar-refractivity contribution in [1.82, 2.24) is 15.2 Å². The van der Waals surface area contributed by atoms with E-state index in [0.29, 0.717) is 6.61 Å². The maximum absolute atomic E-state index is 5.89. The van der Waals surface area contributed by atoms with Crippen LogP contribution in [-0.4, -0.2) is 36.8 Å². The fourth-order valence-electron chi connectivity index (χ4n) is 2.50. The van der Waals surface area contributed by atoms with Gasteiger partial charge in [-0.15, -0.1) is 24.0 Å². The first-order chi connectivity index (χ1) is 12.3. The number of nitrogens with zero attached hydrogens (tertiary/aromatic N) is 2. The van der Waals surface area contributed by atoms with Crippen molar-refractivity contribution in [2.75, 3.05) is 26.2 Å². The number of aromatic nitrogens is 1. The molecule has 0 saturated carbocycles. The maximum Gasteiger partial charge on any atom is 0.191 e. The van der Waals surface area contributed by atoms with Gasteiger partial charge in [0.25, 0.3) is 0 Å². The highest BCUT2D eigenvalue weighted by molar-refractivity contribution is 14.0. The minimum atomic E-state index is 0. The number of halogens is 1. The van der Waals surface area contributed by atoms with Crippen LogP contribution in [0.1, 0.15) is 31.9 Å². The summed E-state index contributed by atoms with van der Waals surface area (Å²) < 4.78 is 8.03. The summed E-state index contributed by atoms with van der Waals surface area (Å²) in [4.78, 5) is 4.61. The van der Waals surface area contributed by atoms with Crippen LogP contribution in [0.25, 0.3) is 0 Å². The fourth-order valence-corrected chi connectivity index (χ4v) is 2.50. The van der Waals surface area contributed by atoms with Crippen molar-refractivity contribution in [2.45, 2.75) is 32.9 Å². The lowest BCUT2D eigenvalue weighted by Crippen LogP contribution is -2.38. The van der Waals surface area contributed by atoms with Gasteiger partial charge in [-0.05, 0) is 38.0 Å². The summed E-state index contributed by atoms with van der Waals surface area (Å²) >= 11 is 0. The van der Waals surface area contributed by atoms with Crippen LogP contribution in [0.5, 0.6) is 0 Å². The van der Waals surface area contributed by atoms with E-state index in [2.05, 4.69) is 58.6 Å². The van der Waals surface area contributed by atoms with E-state index >= 15 is 0 Å². The summed E-state index contributed by atoms with van der Waals surface area (Å²) in [6.07, 6.45) is 5.16. The molecule has 1 unspecified atom stereocenters. The Kier molecular flexibility index (Phi) is 11.8. The molecule has 1 atom stereocenters. The minimum Gasteiger partial charge on any atom is -0.374 e. The number of hydrogen-bond donors (Lipinski definition) is 2. The van der Waals surface area contributed by atoms with Crippen LogP contribution in [-0.2, 0) is 11.3 Å². The summed E-state index contributed by atoms with van der Waals surface area (Å²) in [5, 5.41) is 6.64. The molecule has 26 heavy (non-hydrogen) atoms. The third-order valence-corrected chi connectivity index (χ3v) is 3.88. The smallest absolute Gasteiger partial charge is 0.191 e. The molecule has 5 nitrogen and oxygen atoms in total. The number of benzene rings is 1. The lowest BCUT2D eigenvalue weighted by atomic mass is 10.1. The second-order valence-electron chi connectivity index (χ2n) is 5.89. The average Bonchev–Trinajstić information content (AvgIpc) is 3.15. The summed E-state index contributed by atoms with van der Waals surface area (Å²) in [5.74, 6) is 0.866. The molecule has 144 valence electrons. The third kappa shape index (κ3) is 8.71. The van der Waals surface area contributed by atoms with Crippen LogP contribution in [0, 0.1) is 0 Å². The van der Waals surface area contributed by atoms with Crippen molar-refractivity contribution < 1.29 is 4.74 Å². The van der Waals surface area contributed by atoms with Gasteiger partial charge in [0.05, 0.1) is 6.10 Å². The summed E-state index contributed by atoms with van der Waals surface area (Å²) in [6.45, 7) is 8.26. The average molecular weight is 470 g/mol. The van der Waals surface area contributed by atoms with Crippen molar-refractivity contribution in [3.05, 3.63) is 60.4 Å². The molecule has 0 spiro atoms. The Morgan fingerprint density at radius 2 is 1.85 bits per heavy atom. The largest absolute Gasteiger partial charge is 0.374 e. The number of hydrogen-bond acceptors (Lipinski definition) is 2. The van der Waals surface area contributed by atoms with E-state index in [1.54, 1.807) is 0 Å². The second kappa shape index (κ2) is 13.6. The van der Waals surface area contributed by atoms with Crippen molar-refractivity contribution in [2.24, 2.45) is 4.99 Å². The zero-order chi connectivity index (χ0) is 17.7. The number of guanidine groups is 1. The molecule has 0 aliphatic carbocycles. The van der Waals surface area contributed by atoms with Gasteiger partial charge in [-0.1, -0.05) is 30.3 Å². The van der Waals surface area contributed by atoms with Crippen molar-refractivity contribution in [3.63, 3.8) is 0 Å². The highest BCUT2D eigenvalue weighted by Crippen LogP contribution is 2.15. The van der Waals surface area contributed by atoms with Crippen LogP contribution in [0.15, 0.2) is 59.9 Å². The van der Waals surface area contributed by atoms with Gasteiger partial charge in [0.15, 0.2) is 5.96 Å². The van der Waals surface area contributed by atoms with Crippen LogP contribution >= 0.6 is 24.0 Å². The number of ether oxygens (including phenoxy) is 1. The van der Waals surface area contributed by atoms with Gasteiger partial charge >= 0.3 is 0 Å². The molecule has 6 heteroatoms. The Bertz CT molecular complexity index is 602. The predicted octanol–water partition coefficient (Wildman–Crippen LogP) is 3.83. The molecule has 0 fully saturated rings. The number of nitrogens with one attached hydrogen (secondary N) is 2. The first-order valence-electron chi connectivity index (χ1n) is 9.09. The van der Waals surface area contributed by atoms with Gasteiger partial charge < -0.3 is 19.9 Å². The van der Waals surface area contributed by atoms with Gasteiger partial charge in [0, 0.05) is 45.2 Å². The van der Waals surface area contributed by atoms with E-state index < -0.39 is 0 Å². The van der Waals surface area contributed by atoms with Crippen LogP contribution in [0.3, 0.4) is 0 Å². The molecule has 0 saturated heterocycles. The topological polar surface area (TPSA) is 50.6 Å². The van der Waals surface area contributed by atoms with Gasteiger partial charge in [0.1, 0.15) is 0 Å². The molecule has 2 aromatic rings. The quantitative estimate of drug-likeness (QED) is 0.240. The van der Waals surface area contributed by atoms with E-state index in [9.17, 15) is 0 Å². The van der Waals surface area contributed by atoms with Gasteiger partial charge in [0.2, 0.25) is 0 Å². The summed E-state index contributed by atoms with van der Waals surface area (Å²) in [5.41, 5.74) is 1.21. The molecular weight excluding hydrogens is 439 g/mol. The minimum absolute atomic E-state index is 0. The normalized spacial score (nSPS) is 12.3. The zero-order valence-corrected chi connectivity index (χ0v) is 18.1. The molecule has 1 heterocycles. The lowest BCUT2D eigenvalue weighted by Gasteiger charge is -2.14. The molecule has 0 radical (unpaired) electrons. The predicted molar refractivity (Wildman–Crippen MR) is 119 cm³/mol. The second-order valence-corrected chi connectivity index (χ2v) is 5.89. The van der Waals surface area contributed by atoms with Gasteiger partial charge in [-0.3, -0.25) is 4.99 Å². The van der Waals surface area contributed by atoms with E-state index in [4.69, 9.17) is 4.74 Å². The SMILES string of the molecule is CCNC(=NCCCOC(C)c1ccccc1)NCCn1cccc1.I. The molecule has 1 aromatic carbocycles. The Balaban J connectivity index is 0.00000338. The first-order valence-corrected chi connectivity index (χ1v) is 9.09. The van der Waals surface area contributed by atoms with Gasteiger partial charge in [-0.2, -0.15) is 0 Å². The Morgan fingerprint density at radius 1 is 1.12 bits per heavy atom. The standard InChI is InChI=1S/C20H30N4O.HI/c1-3-21-20(23-13-16-24-14-7-8-15-24)22-12-9-17-25-18(2)19-10-5-4-6-11-19;/h4-8,10-11,14-15,18H,3,9,12-13,16-17H2,1-2H3,(H2,21,22,23);1H. The monoisotopic (exact) mass is 470 g/mol. The Hall–Kier alpha value is -1.54. The first kappa shape index (κ1) is 22.5. The Labute approximate surface area is 174 Å². The number of aliphatic imine (C=N–C) groups is 1. The fraction of sp³-hybridized carbons (Fsp3) is 0.450. The van der Waals surface area contributed by atoms with Crippen molar-refractivity contribution in [3.8, 4) is 0 Å². The summed E-state index contributed by atoms with van der Waals surface area (Å²) in [7, 11) is 0. The maximum atomic E-state index is 5.89. The van der Waals surface area contributed by atoms with E-state index in [1.165, 1.54) is 5.56 Å². The molecule has 2 rings (SSSR count). The summed E-state index contributed by atoms with van der Waals surface area (Å²) in [6, 6.07) is 14.4. The van der Waals surface area contributed by atoms with Crippen LogP contribution in [0.4, 0.5) is 0 Å². The van der Waals surface area contributed by atoms with E-state index in [-0.39, 0.29) is 30.1 Å². The van der Waals surface area contributed by atoms with Crippen LogP contribution < -0.4 is 10.6 Å². The zero-order valence-electron chi connectivity index (χ0n) is 15.7. The van der Waals surface area contributed by atoms with Crippen molar-refractivity contribution >= 4 is 29.9 Å². The number of rotatable bonds is 10. The molecule has 0 aliphatic rings. The Morgan fingerprint density at radius 3 is 2.54 bits per heavy atom.